The monoisotopic (exact) mass is 310 g/mol. The molecule has 1 heterocycles. The molecular weight excluding hydrogens is 286 g/mol. The summed E-state index contributed by atoms with van der Waals surface area (Å²) in [6.45, 7) is 6.37. The molecular formula is C17H24F2N2O. The Balaban J connectivity index is 1.94. The molecule has 2 rings (SSSR count). The topological polar surface area (TPSA) is 23.6 Å². The minimum absolute atomic E-state index is 0.278. The Labute approximate surface area is 130 Å². The van der Waals surface area contributed by atoms with Crippen LogP contribution >= 0.6 is 0 Å². The van der Waals surface area contributed by atoms with E-state index in [1.54, 1.807) is 4.90 Å². The number of carbonyl (C=O) groups excluding carboxylic acids is 1. The van der Waals surface area contributed by atoms with Crippen LogP contribution in [0.3, 0.4) is 0 Å². The molecule has 1 aliphatic heterocycles. The van der Waals surface area contributed by atoms with Crippen LogP contribution in [0.4, 0.5) is 8.78 Å². The maximum absolute atomic E-state index is 13.0. The molecule has 3 nitrogen and oxygen atoms in total. The third kappa shape index (κ3) is 5.37. The summed E-state index contributed by atoms with van der Waals surface area (Å²) in [5.74, 6) is -3.10. The van der Waals surface area contributed by atoms with Crippen LogP contribution in [-0.2, 0) is 11.3 Å². The highest BCUT2D eigenvalue weighted by Gasteiger charge is 2.30. The second-order valence-electron chi connectivity index (χ2n) is 6.41. The van der Waals surface area contributed by atoms with Gasteiger partial charge in [0.1, 0.15) is 0 Å². The number of halogens is 2. The third-order valence-electron chi connectivity index (χ3n) is 3.85. The summed E-state index contributed by atoms with van der Waals surface area (Å²) in [6, 6.07) is 10.2. The first-order valence-corrected chi connectivity index (χ1v) is 7.75. The maximum Gasteiger partial charge on any atom is 0.254 e. The van der Waals surface area contributed by atoms with Gasteiger partial charge in [-0.1, -0.05) is 37.3 Å². The molecule has 0 spiro atoms. The van der Waals surface area contributed by atoms with E-state index in [9.17, 15) is 13.6 Å². The van der Waals surface area contributed by atoms with Gasteiger partial charge in [-0.3, -0.25) is 9.69 Å². The van der Waals surface area contributed by atoms with E-state index < -0.39 is 18.3 Å². The van der Waals surface area contributed by atoms with Crippen LogP contribution in [0.25, 0.3) is 0 Å². The molecule has 1 fully saturated rings. The van der Waals surface area contributed by atoms with Gasteiger partial charge < -0.3 is 4.90 Å². The van der Waals surface area contributed by atoms with Crippen molar-refractivity contribution in [2.24, 2.45) is 5.92 Å². The van der Waals surface area contributed by atoms with E-state index >= 15 is 0 Å². The summed E-state index contributed by atoms with van der Waals surface area (Å²) in [7, 11) is 0. The molecule has 1 amide bonds. The second kappa shape index (κ2) is 7.18. The quantitative estimate of drug-likeness (QED) is 0.853. The number of benzene rings is 1. The lowest BCUT2D eigenvalue weighted by Gasteiger charge is -2.23. The number of hydrogen-bond acceptors (Lipinski definition) is 2. The lowest BCUT2D eigenvalue weighted by molar-refractivity contribution is -0.137. The summed E-state index contributed by atoms with van der Waals surface area (Å²) < 4.78 is 26.1. The summed E-state index contributed by atoms with van der Waals surface area (Å²) in [5.41, 5.74) is 1.23. The van der Waals surface area contributed by atoms with Crippen molar-refractivity contribution in [2.45, 2.75) is 32.7 Å². The van der Waals surface area contributed by atoms with E-state index in [0.29, 0.717) is 13.1 Å². The zero-order valence-electron chi connectivity index (χ0n) is 13.3. The highest BCUT2D eigenvalue weighted by atomic mass is 19.3. The van der Waals surface area contributed by atoms with Gasteiger partial charge in [0.15, 0.2) is 0 Å². The lowest BCUT2D eigenvalue weighted by atomic mass is 10.1. The number of alkyl halides is 2. The fourth-order valence-corrected chi connectivity index (χ4v) is 2.91. The number of rotatable bonds is 4. The highest BCUT2D eigenvalue weighted by Crippen LogP contribution is 2.20. The molecule has 5 heteroatoms. The van der Waals surface area contributed by atoms with Crippen LogP contribution in [0.1, 0.15) is 25.8 Å². The molecule has 1 aliphatic rings. The van der Waals surface area contributed by atoms with Crippen molar-refractivity contribution in [1.82, 2.24) is 9.80 Å². The zero-order valence-corrected chi connectivity index (χ0v) is 13.3. The number of amides is 1. The zero-order chi connectivity index (χ0) is 16.2. The van der Waals surface area contributed by atoms with Crippen LogP contribution in [0.5, 0.6) is 0 Å². The molecule has 122 valence electrons. The Morgan fingerprint density at radius 3 is 2.55 bits per heavy atom. The Morgan fingerprint density at radius 2 is 1.91 bits per heavy atom. The van der Waals surface area contributed by atoms with Crippen molar-refractivity contribution in [2.75, 3.05) is 26.2 Å². The van der Waals surface area contributed by atoms with Crippen LogP contribution in [0, 0.1) is 5.92 Å². The lowest BCUT2D eigenvalue weighted by Crippen LogP contribution is -2.38. The number of carbonyl (C=O) groups is 1. The van der Waals surface area contributed by atoms with Crippen molar-refractivity contribution < 1.29 is 13.6 Å². The van der Waals surface area contributed by atoms with Crippen molar-refractivity contribution in [3.05, 3.63) is 35.9 Å². The van der Waals surface area contributed by atoms with Gasteiger partial charge in [-0.05, 0) is 18.4 Å². The van der Waals surface area contributed by atoms with Gasteiger partial charge in [0.2, 0.25) is 5.91 Å². The van der Waals surface area contributed by atoms with Gasteiger partial charge in [-0.15, -0.1) is 0 Å². The Kier molecular flexibility index (Phi) is 5.51. The third-order valence-corrected chi connectivity index (χ3v) is 3.85. The fraction of sp³-hybridized carbons (Fsp3) is 0.588. The van der Waals surface area contributed by atoms with Crippen molar-refractivity contribution in [1.29, 1.82) is 0 Å². The predicted octanol–water partition coefficient (Wildman–Crippen LogP) is 3.01. The SMILES string of the molecule is CC1CN(Cc2ccccc2)CCN(C(=O)CC(C)(F)F)C1. The van der Waals surface area contributed by atoms with E-state index in [2.05, 4.69) is 24.0 Å². The molecule has 0 N–H and O–H groups in total. The molecule has 0 radical (unpaired) electrons. The van der Waals surface area contributed by atoms with E-state index in [0.717, 1.165) is 26.6 Å². The first kappa shape index (κ1) is 16.9. The molecule has 1 saturated heterocycles. The van der Waals surface area contributed by atoms with Crippen LogP contribution < -0.4 is 0 Å². The fourth-order valence-electron chi connectivity index (χ4n) is 2.91. The van der Waals surface area contributed by atoms with E-state index in [-0.39, 0.29) is 5.92 Å². The first-order valence-electron chi connectivity index (χ1n) is 7.75. The van der Waals surface area contributed by atoms with Gasteiger partial charge in [0.05, 0.1) is 6.42 Å². The predicted molar refractivity (Wildman–Crippen MR) is 82.7 cm³/mol. The Bertz CT molecular complexity index is 487. The highest BCUT2D eigenvalue weighted by molar-refractivity contribution is 5.77. The number of nitrogens with zero attached hydrogens (tertiary/aromatic N) is 2. The van der Waals surface area contributed by atoms with Gasteiger partial charge in [0, 0.05) is 32.7 Å². The van der Waals surface area contributed by atoms with Crippen LogP contribution in [0.2, 0.25) is 0 Å². The molecule has 1 aromatic carbocycles. The Morgan fingerprint density at radius 1 is 1.23 bits per heavy atom. The molecule has 22 heavy (non-hydrogen) atoms. The normalized spacial score (nSPS) is 20.7. The molecule has 1 aromatic rings. The van der Waals surface area contributed by atoms with Crippen LogP contribution in [-0.4, -0.2) is 47.8 Å². The van der Waals surface area contributed by atoms with Gasteiger partial charge in [-0.2, -0.15) is 0 Å². The second-order valence-corrected chi connectivity index (χ2v) is 6.41. The molecule has 0 saturated carbocycles. The van der Waals surface area contributed by atoms with Gasteiger partial charge >= 0.3 is 0 Å². The van der Waals surface area contributed by atoms with Crippen molar-refractivity contribution in [3.8, 4) is 0 Å². The van der Waals surface area contributed by atoms with Gasteiger partial charge in [0.25, 0.3) is 5.92 Å². The van der Waals surface area contributed by atoms with Crippen LogP contribution in [0.15, 0.2) is 30.3 Å². The average molecular weight is 310 g/mol. The van der Waals surface area contributed by atoms with E-state index in [1.165, 1.54) is 5.56 Å². The van der Waals surface area contributed by atoms with Crippen molar-refractivity contribution in [3.63, 3.8) is 0 Å². The van der Waals surface area contributed by atoms with E-state index in [4.69, 9.17) is 0 Å². The maximum atomic E-state index is 13.0. The summed E-state index contributed by atoms with van der Waals surface area (Å²) in [5, 5.41) is 0. The number of hydrogen-bond donors (Lipinski definition) is 0. The minimum Gasteiger partial charge on any atom is -0.341 e. The summed E-state index contributed by atoms with van der Waals surface area (Å²) >= 11 is 0. The molecule has 0 bridgehead atoms. The molecule has 0 aliphatic carbocycles. The molecule has 0 aromatic heterocycles. The Hall–Kier alpha value is -1.49. The van der Waals surface area contributed by atoms with Gasteiger partial charge in [-0.25, -0.2) is 8.78 Å². The van der Waals surface area contributed by atoms with E-state index in [1.807, 2.05) is 18.2 Å². The molecule has 1 unspecified atom stereocenters. The largest absolute Gasteiger partial charge is 0.341 e. The summed E-state index contributed by atoms with van der Waals surface area (Å²) in [4.78, 5) is 15.9. The van der Waals surface area contributed by atoms with Crippen molar-refractivity contribution >= 4 is 5.91 Å². The first-order chi connectivity index (χ1) is 10.3. The summed E-state index contributed by atoms with van der Waals surface area (Å²) in [6.07, 6.45) is -0.696. The smallest absolute Gasteiger partial charge is 0.254 e. The molecule has 1 atom stereocenters. The minimum atomic E-state index is -2.93. The standard InChI is InChI=1S/C17H24F2N2O/c1-14-11-20(13-15-6-4-3-5-7-15)8-9-21(12-14)16(22)10-17(2,18)19/h3-7,14H,8-13H2,1-2H3. The average Bonchev–Trinajstić information content (AvgIpc) is 2.60.